The van der Waals surface area contributed by atoms with Crippen LogP contribution < -0.4 is 10.1 Å². The van der Waals surface area contributed by atoms with Gasteiger partial charge in [-0.3, -0.25) is 19.3 Å². The summed E-state index contributed by atoms with van der Waals surface area (Å²) in [4.78, 5) is 36.8. The van der Waals surface area contributed by atoms with Crippen LogP contribution >= 0.6 is 23.4 Å². The van der Waals surface area contributed by atoms with Crippen molar-refractivity contribution in [3.8, 4) is 5.75 Å². The van der Waals surface area contributed by atoms with E-state index in [1.165, 1.54) is 4.90 Å². The number of ether oxygens (including phenoxy) is 1. The number of hydrogen-bond donors (Lipinski definition) is 1. The summed E-state index contributed by atoms with van der Waals surface area (Å²) in [5.74, 6) is 0.128. The quantitative estimate of drug-likeness (QED) is 0.789. The highest BCUT2D eigenvalue weighted by atomic mass is 35.5. The van der Waals surface area contributed by atoms with Crippen LogP contribution in [0.1, 0.15) is 12.5 Å². The Kier molecular flexibility index (Phi) is 6.03. The van der Waals surface area contributed by atoms with Crippen LogP contribution in [0.4, 0.5) is 10.5 Å². The summed E-state index contributed by atoms with van der Waals surface area (Å²) in [5, 5.41) is 2.96. The molecule has 0 saturated carbocycles. The zero-order valence-electron chi connectivity index (χ0n) is 14.5. The third-order valence-electron chi connectivity index (χ3n) is 3.91. The Bertz CT molecular complexity index is 856. The van der Waals surface area contributed by atoms with Gasteiger partial charge in [0.2, 0.25) is 5.91 Å². The molecule has 140 valence electrons. The van der Waals surface area contributed by atoms with Crippen molar-refractivity contribution in [2.24, 2.45) is 0 Å². The van der Waals surface area contributed by atoms with Crippen LogP contribution in [-0.4, -0.2) is 33.8 Å². The molecule has 3 amide bonds. The minimum Gasteiger partial charge on any atom is -0.479 e. The monoisotopic (exact) mass is 404 g/mol. The van der Waals surface area contributed by atoms with Gasteiger partial charge in [-0.1, -0.05) is 47.6 Å². The number of benzene rings is 2. The first-order valence-corrected chi connectivity index (χ1v) is 9.58. The van der Waals surface area contributed by atoms with Crippen molar-refractivity contribution in [1.82, 2.24) is 4.90 Å². The van der Waals surface area contributed by atoms with Gasteiger partial charge in [-0.15, -0.1) is 0 Å². The number of carbonyl (C=O) groups excluding carboxylic acids is 3. The zero-order chi connectivity index (χ0) is 19.4. The molecule has 1 N–H and O–H groups in total. The first-order chi connectivity index (χ1) is 12.9. The lowest BCUT2D eigenvalue weighted by molar-refractivity contribution is -0.125. The van der Waals surface area contributed by atoms with Crippen molar-refractivity contribution in [3.05, 3.63) is 59.1 Å². The fourth-order valence-electron chi connectivity index (χ4n) is 2.44. The molecule has 2 aromatic carbocycles. The molecule has 0 aromatic heterocycles. The van der Waals surface area contributed by atoms with Crippen LogP contribution in [0.2, 0.25) is 5.02 Å². The number of nitrogens with one attached hydrogen (secondary N) is 1. The number of para-hydroxylation sites is 1. The van der Waals surface area contributed by atoms with E-state index in [0.717, 1.165) is 17.3 Å². The molecule has 1 heterocycles. The van der Waals surface area contributed by atoms with Crippen LogP contribution in [0.25, 0.3) is 0 Å². The Morgan fingerprint density at radius 1 is 1.22 bits per heavy atom. The van der Waals surface area contributed by atoms with Crippen LogP contribution in [0.15, 0.2) is 48.5 Å². The second-order valence-electron chi connectivity index (χ2n) is 5.91. The molecule has 1 aliphatic heterocycles. The Morgan fingerprint density at radius 3 is 2.56 bits per heavy atom. The Hall–Kier alpha value is -2.51. The van der Waals surface area contributed by atoms with Gasteiger partial charge in [-0.05, 0) is 36.8 Å². The maximum atomic E-state index is 12.3. The van der Waals surface area contributed by atoms with E-state index in [1.54, 1.807) is 55.5 Å². The summed E-state index contributed by atoms with van der Waals surface area (Å²) in [6.07, 6.45) is -0.735. The van der Waals surface area contributed by atoms with E-state index in [2.05, 4.69) is 5.32 Å². The van der Waals surface area contributed by atoms with Gasteiger partial charge in [0, 0.05) is 5.69 Å². The van der Waals surface area contributed by atoms with Crippen molar-refractivity contribution in [2.75, 3.05) is 11.1 Å². The number of nitrogens with zero attached hydrogens (tertiary/aromatic N) is 1. The Labute approximate surface area is 165 Å². The molecular weight excluding hydrogens is 388 g/mol. The average molecular weight is 405 g/mol. The number of hydrogen-bond acceptors (Lipinski definition) is 5. The molecule has 0 radical (unpaired) electrons. The highest BCUT2D eigenvalue weighted by Gasteiger charge is 2.29. The summed E-state index contributed by atoms with van der Waals surface area (Å²) in [7, 11) is 0. The molecule has 8 heteroatoms. The topological polar surface area (TPSA) is 75.7 Å². The predicted octanol–water partition coefficient (Wildman–Crippen LogP) is 3.94. The summed E-state index contributed by atoms with van der Waals surface area (Å²) >= 11 is 7.04. The number of anilines is 1. The molecule has 1 atom stereocenters. The van der Waals surface area contributed by atoms with E-state index in [-0.39, 0.29) is 29.4 Å². The Morgan fingerprint density at radius 2 is 1.93 bits per heavy atom. The smallest absolute Gasteiger partial charge is 0.289 e. The molecule has 6 nitrogen and oxygen atoms in total. The molecule has 1 unspecified atom stereocenters. The normalized spacial score (nSPS) is 15.0. The molecule has 0 bridgehead atoms. The third-order valence-corrected chi connectivity index (χ3v) is 5.08. The third kappa shape index (κ3) is 4.81. The van der Waals surface area contributed by atoms with E-state index < -0.39 is 6.10 Å². The molecule has 3 rings (SSSR count). The second kappa shape index (κ2) is 8.45. The minimum atomic E-state index is -0.735. The lowest BCUT2D eigenvalue weighted by atomic mass is 10.2. The minimum absolute atomic E-state index is 0.187. The summed E-state index contributed by atoms with van der Waals surface area (Å²) < 4.78 is 5.59. The molecule has 0 aliphatic carbocycles. The van der Waals surface area contributed by atoms with Crippen LogP contribution in [-0.2, 0) is 16.1 Å². The number of amides is 3. The second-order valence-corrected chi connectivity index (χ2v) is 7.24. The molecule has 1 aliphatic rings. The standard InChI is InChI=1S/C19H17ClN2O4S/c1-12(26-16-5-3-2-4-15(16)20)18(24)21-14-8-6-13(7-9-14)10-22-17(23)11-27-19(22)25/h2-9,12H,10-11H2,1H3,(H,21,24). The van der Waals surface area contributed by atoms with Crippen molar-refractivity contribution in [2.45, 2.75) is 19.6 Å². The highest BCUT2D eigenvalue weighted by molar-refractivity contribution is 8.14. The number of thioether (sulfide) groups is 1. The highest BCUT2D eigenvalue weighted by Crippen LogP contribution is 2.25. The largest absolute Gasteiger partial charge is 0.479 e. The summed E-state index contributed by atoms with van der Waals surface area (Å²) in [6.45, 7) is 1.86. The van der Waals surface area contributed by atoms with Crippen molar-refractivity contribution in [1.29, 1.82) is 0 Å². The zero-order valence-corrected chi connectivity index (χ0v) is 16.0. The predicted molar refractivity (Wildman–Crippen MR) is 105 cm³/mol. The van der Waals surface area contributed by atoms with E-state index in [4.69, 9.17) is 16.3 Å². The van der Waals surface area contributed by atoms with Gasteiger partial charge in [0.15, 0.2) is 6.10 Å². The van der Waals surface area contributed by atoms with E-state index in [0.29, 0.717) is 16.5 Å². The van der Waals surface area contributed by atoms with Gasteiger partial charge in [-0.2, -0.15) is 0 Å². The molecule has 0 spiro atoms. The van der Waals surface area contributed by atoms with Gasteiger partial charge in [-0.25, -0.2) is 0 Å². The van der Waals surface area contributed by atoms with Crippen LogP contribution in [0, 0.1) is 0 Å². The van der Waals surface area contributed by atoms with E-state index >= 15 is 0 Å². The average Bonchev–Trinajstić information content (AvgIpc) is 2.97. The number of imide groups is 1. The summed E-state index contributed by atoms with van der Waals surface area (Å²) in [6, 6.07) is 13.9. The van der Waals surface area contributed by atoms with Gasteiger partial charge < -0.3 is 10.1 Å². The van der Waals surface area contributed by atoms with Crippen LogP contribution in [0.3, 0.4) is 0 Å². The fourth-order valence-corrected chi connectivity index (χ4v) is 3.34. The molecule has 1 fully saturated rings. The van der Waals surface area contributed by atoms with Crippen molar-refractivity contribution >= 4 is 46.1 Å². The van der Waals surface area contributed by atoms with Gasteiger partial charge in [0.25, 0.3) is 11.1 Å². The van der Waals surface area contributed by atoms with Crippen LogP contribution in [0.5, 0.6) is 5.75 Å². The first-order valence-electron chi connectivity index (χ1n) is 8.22. The molecule has 2 aromatic rings. The first kappa shape index (κ1) is 19.3. The number of carbonyl (C=O) groups is 3. The van der Waals surface area contributed by atoms with Crippen molar-refractivity contribution < 1.29 is 19.1 Å². The number of halogens is 1. The molecular formula is C19H17ClN2O4S. The SMILES string of the molecule is CC(Oc1ccccc1Cl)C(=O)Nc1ccc(CN2C(=O)CSC2=O)cc1. The molecule has 27 heavy (non-hydrogen) atoms. The van der Waals surface area contributed by atoms with Gasteiger partial charge in [0.1, 0.15) is 5.75 Å². The fraction of sp³-hybridized carbons (Fsp3) is 0.211. The Balaban J connectivity index is 1.57. The van der Waals surface area contributed by atoms with E-state index in [9.17, 15) is 14.4 Å². The maximum Gasteiger partial charge on any atom is 0.289 e. The lowest BCUT2D eigenvalue weighted by Gasteiger charge is -2.16. The van der Waals surface area contributed by atoms with E-state index in [1.807, 2.05) is 0 Å². The lowest BCUT2D eigenvalue weighted by Crippen LogP contribution is -2.30. The summed E-state index contributed by atoms with van der Waals surface area (Å²) in [5.41, 5.74) is 1.39. The van der Waals surface area contributed by atoms with Gasteiger partial charge >= 0.3 is 0 Å². The number of rotatable bonds is 6. The maximum absolute atomic E-state index is 12.3. The molecule has 1 saturated heterocycles. The van der Waals surface area contributed by atoms with Crippen molar-refractivity contribution in [3.63, 3.8) is 0 Å². The van der Waals surface area contributed by atoms with Gasteiger partial charge in [0.05, 0.1) is 17.3 Å².